The summed E-state index contributed by atoms with van der Waals surface area (Å²) in [6.07, 6.45) is 0.676. The summed E-state index contributed by atoms with van der Waals surface area (Å²) < 4.78 is 26.3. The van der Waals surface area contributed by atoms with Crippen LogP contribution in [-0.4, -0.2) is 0 Å². The molecule has 0 aliphatic rings. The van der Waals surface area contributed by atoms with Crippen LogP contribution in [0.25, 0.3) is 11.1 Å². The van der Waals surface area contributed by atoms with E-state index in [0.717, 1.165) is 11.1 Å². The largest absolute Gasteiger partial charge is 0.207 e. The highest BCUT2D eigenvalue weighted by Crippen LogP contribution is 2.22. The molecule has 82 valence electrons. The van der Waals surface area contributed by atoms with E-state index in [4.69, 9.17) is 0 Å². The number of rotatable bonds is 2. The van der Waals surface area contributed by atoms with Gasteiger partial charge in [-0.2, -0.15) is 0 Å². The average Bonchev–Trinajstić information content (AvgIpc) is 2.30. The third-order valence-corrected chi connectivity index (χ3v) is 2.61. The monoisotopic (exact) mass is 218 g/mol. The van der Waals surface area contributed by atoms with Gasteiger partial charge in [0.1, 0.15) is 11.6 Å². The quantitative estimate of drug-likeness (QED) is 0.708. The van der Waals surface area contributed by atoms with Crippen molar-refractivity contribution in [2.45, 2.75) is 13.3 Å². The molecule has 0 N–H and O–H groups in total. The van der Waals surface area contributed by atoms with E-state index in [1.165, 1.54) is 18.2 Å². The zero-order valence-electron chi connectivity index (χ0n) is 9.00. The molecule has 0 aliphatic heterocycles. The Kier molecular flexibility index (Phi) is 3.00. The number of hydrogen-bond donors (Lipinski definition) is 0. The van der Waals surface area contributed by atoms with E-state index >= 15 is 0 Å². The molecule has 0 fully saturated rings. The first-order valence-electron chi connectivity index (χ1n) is 5.25. The van der Waals surface area contributed by atoms with Crippen LogP contribution < -0.4 is 0 Å². The van der Waals surface area contributed by atoms with Gasteiger partial charge in [-0.05, 0) is 41.3 Å². The van der Waals surface area contributed by atoms with Gasteiger partial charge in [0, 0.05) is 0 Å². The fraction of sp³-hybridized carbons (Fsp3) is 0.143. The number of aryl methyl sites for hydroxylation is 1. The SMILES string of the molecule is CCc1ccc(-c2ccc(F)cc2)cc1F. The third-order valence-electron chi connectivity index (χ3n) is 2.61. The van der Waals surface area contributed by atoms with Gasteiger partial charge in [0.25, 0.3) is 0 Å². The van der Waals surface area contributed by atoms with Crippen LogP contribution in [-0.2, 0) is 6.42 Å². The van der Waals surface area contributed by atoms with E-state index in [1.54, 1.807) is 18.2 Å². The molecule has 0 aliphatic carbocycles. The van der Waals surface area contributed by atoms with Crippen LogP contribution in [0.15, 0.2) is 42.5 Å². The van der Waals surface area contributed by atoms with Gasteiger partial charge in [-0.15, -0.1) is 0 Å². The molecule has 0 saturated heterocycles. The van der Waals surface area contributed by atoms with E-state index in [2.05, 4.69) is 0 Å². The zero-order valence-corrected chi connectivity index (χ0v) is 9.00. The van der Waals surface area contributed by atoms with Crippen molar-refractivity contribution in [3.05, 3.63) is 59.7 Å². The lowest BCUT2D eigenvalue weighted by Gasteiger charge is -2.04. The van der Waals surface area contributed by atoms with E-state index < -0.39 is 0 Å². The molecule has 0 heterocycles. The standard InChI is InChI=1S/C14H12F2/c1-2-10-3-4-12(9-14(10)16)11-5-7-13(15)8-6-11/h3-9H,2H2,1H3. The fourth-order valence-corrected chi connectivity index (χ4v) is 1.66. The number of hydrogen-bond acceptors (Lipinski definition) is 0. The second-order valence-electron chi connectivity index (χ2n) is 3.67. The third kappa shape index (κ3) is 2.11. The molecule has 2 aromatic rings. The molecule has 0 spiro atoms. The molecular weight excluding hydrogens is 206 g/mol. The molecule has 0 atom stereocenters. The lowest BCUT2D eigenvalue weighted by molar-refractivity contribution is 0.613. The van der Waals surface area contributed by atoms with Crippen LogP contribution in [0.4, 0.5) is 8.78 Å². The Morgan fingerprint density at radius 1 is 0.875 bits per heavy atom. The molecular formula is C14H12F2. The highest BCUT2D eigenvalue weighted by atomic mass is 19.1. The average molecular weight is 218 g/mol. The summed E-state index contributed by atoms with van der Waals surface area (Å²) in [4.78, 5) is 0. The van der Waals surface area contributed by atoms with Gasteiger partial charge in [-0.1, -0.05) is 31.2 Å². The maximum absolute atomic E-state index is 13.5. The van der Waals surface area contributed by atoms with Crippen LogP contribution in [0.3, 0.4) is 0 Å². The van der Waals surface area contributed by atoms with Gasteiger partial charge in [0.2, 0.25) is 0 Å². The fourth-order valence-electron chi connectivity index (χ4n) is 1.66. The maximum Gasteiger partial charge on any atom is 0.127 e. The minimum absolute atomic E-state index is 0.204. The summed E-state index contributed by atoms with van der Waals surface area (Å²) in [5, 5.41) is 0. The first-order valence-corrected chi connectivity index (χ1v) is 5.25. The van der Waals surface area contributed by atoms with Crippen molar-refractivity contribution in [2.75, 3.05) is 0 Å². The van der Waals surface area contributed by atoms with Crippen molar-refractivity contribution in [3.63, 3.8) is 0 Å². The molecule has 0 unspecified atom stereocenters. The predicted octanol–water partition coefficient (Wildman–Crippen LogP) is 4.19. The molecule has 0 amide bonds. The molecule has 0 aromatic heterocycles. The van der Waals surface area contributed by atoms with Crippen LogP contribution in [0.1, 0.15) is 12.5 Å². The van der Waals surface area contributed by atoms with Crippen molar-refractivity contribution >= 4 is 0 Å². The maximum atomic E-state index is 13.5. The number of halogens is 2. The topological polar surface area (TPSA) is 0 Å². The molecule has 2 heteroatoms. The van der Waals surface area contributed by atoms with E-state index in [-0.39, 0.29) is 11.6 Å². The summed E-state index contributed by atoms with van der Waals surface area (Å²) in [5.41, 5.74) is 2.29. The Balaban J connectivity index is 2.41. The number of benzene rings is 2. The Morgan fingerprint density at radius 2 is 1.50 bits per heavy atom. The van der Waals surface area contributed by atoms with Crippen molar-refractivity contribution in [1.29, 1.82) is 0 Å². The Morgan fingerprint density at radius 3 is 2.06 bits per heavy atom. The van der Waals surface area contributed by atoms with Gasteiger partial charge in [0.05, 0.1) is 0 Å². The normalized spacial score (nSPS) is 10.4. The van der Waals surface area contributed by atoms with E-state index in [1.807, 2.05) is 13.0 Å². The van der Waals surface area contributed by atoms with Crippen LogP contribution in [0, 0.1) is 11.6 Å². The first-order chi connectivity index (χ1) is 7.70. The minimum Gasteiger partial charge on any atom is -0.207 e. The van der Waals surface area contributed by atoms with Gasteiger partial charge in [-0.3, -0.25) is 0 Å². The Hall–Kier alpha value is -1.70. The summed E-state index contributed by atoms with van der Waals surface area (Å²) in [7, 11) is 0. The Labute approximate surface area is 93.5 Å². The molecule has 0 radical (unpaired) electrons. The molecule has 0 bridgehead atoms. The van der Waals surface area contributed by atoms with Gasteiger partial charge in [-0.25, -0.2) is 8.78 Å². The summed E-state index contributed by atoms with van der Waals surface area (Å²) in [6, 6.07) is 11.2. The smallest absolute Gasteiger partial charge is 0.127 e. The lowest BCUT2D eigenvalue weighted by atomic mass is 10.0. The summed E-state index contributed by atoms with van der Waals surface area (Å²) in [5.74, 6) is -0.487. The minimum atomic E-state index is -0.283. The van der Waals surface area contributed by atoms with Gasteiger partial charge < -0.3 is 0 Å². The molecule has 0 saturated carbocycles. The lowest BCUT2D eigenvalue weighted by Crippen LogP contribution is -1.88. The van der Waals surface area contributed by atoms with Crippen molar-refractivity contribution in [3.8, 4) is 11.1 Å². The summed E-state index contributed by atoms with van der Waals surface area (Å²) >= 11 is 0. The first kappa shape index (κ1) is 10.8. The molecule has 2 aromatic carbocycles. The highest BCUT2D eigenvalue weighted by molar-refractivity contribution is 5.63. The molecule has 0 nitrogen and oxygen atoms in total. The van der Waals surface area contributed by atoms with Gasteiger partial charge in [0.15, 0.2) is 0 Å². The second kappa shape index (κ2) is 4.44. The second-order valence-corrected chi connectivity index (χ2v) is 3.67. The van der Waals surface area contributed by atoms with E-state index in [9.17, 15) is 8.78 Å². The van der Waals surface area contributed by atoms with Crippen LogP contribution >= 0.6 is 0 Å². The van der Waals surface area contributed by atoms with Gasteiger partial charge >= 0.3 is 0 Å². The van der Waals surface area contributed by atoms with Crippen LogP contribution in [0.2, 0.25) is 0 Å². The molecule has 16 heavy (non-hydrogen) atoms. The molecule has 2 rings (SSSR count). The van der Waals surface area contributed by atoms with Crippen molar-refractivity contribution in [1.82, 2.24) is 0 Å². The zero-order chi connectivity index (χ0) is 11.5. The predicted molar refractivity (Wildman–Crippen MR) is 61.2 cm³/mol. The van der Waals surface area contributed by atoms with E-state index in [0.29, 0.717) is 12.0 Å². The Bertz CT molecular complexity index is 487. The van der Waals surface area contributed by atoms with Crippen molar-refractivity contribution in [2.24, 2.45) is 0 Å². The summed E-state index contributed by atoms with van der Waals surface area (Å²) in [6.45, 7) is 1.91. The highest BCUT2D eigenvalue weighted by Gasteiger charge is 2.03. The van der Waals surface area contributed by atoms with Crippen molar-refractivity contribution < 1.29 is 8.78 Å². The van der Waals surface area contributed by atoms with Crippen LogP contribution in [0.5, 0.6) is 0 Å².